The summed E-state index contributed by atoms with van der Waals surface area (Å²) in [6.07, 6.45) is 0. The van der Waals surface area contributed by atoms with Crippen molar-refractivity contribution < 1.29 is 4.74 Å². The van der Waals surface area contributed by atoms with Gasteiger partial charge in [-0.3, -0.25) is 0 Å². The van der Waals surface area contributed by atoms with Crippen LogP contribution in [0.25, 0.3) is 0 Å². The molecule has 2 unspecified atom stereocenters. The molecule has 23 heavy (non-hydrogen) atoms. The standard InChI is InChI=1S/C19H21N3O/c1-13-11-22(12-14(2)20-13)19-15-7-3-5-9-17(15)23-18-10-6-4-8-16(18)21-19/h3-10,13-14,20H,11-12H2,1-2H3. The first-order chi connectivity index (χ1) is 11.2. The molecule has 4 nitrogen and oxygen atoms in total. The van der Waals surface area contributed by atoms with Crippen LogP contribution in [0.15, 0.2) is 53.5 Å². The van der Waals surface area contributed by atoms with Crippen molar-refractivity contribution in [3.63, 3.8) is 0 Å². The van der Waals surface area contributed by atoms with E-state index < -0.39 is 0 Å². The van der Waals surface area contributed by atoms with Gasteiger partial charge in [0.05, 0.1) is 5.56 Å². The molecule has 1 N–H and O–H groups in total. The van der Waals surface area contributed by atoms with Crippen molar-refractivity contribution in [1.82, 2.24) is 10.2 Å². The van der Waals surface area contributed by atoms with Crippen LogP contribution in [0.2, 0.25) is 0 Å². The van der Waals surface area contributed by atoms with Gasteiger partial charge in [0.2, 0.25) is 0 Å². The molecule has 1 fully saturated rings. The maximum atomic E-state index is 6.12. The maximum Gasteiger partial charge on any atom is 0.153 e. The highest BCUT2D eigenvalue weighted by Gasteiger charge is 2.27. The minimum Gasteiger partial charge on any atom is -0.454 e. The maximum absolute atomic E-state index is 6.12. The number of rotatable bonds is 0. The van der Waals surface area contributed by atoms with Gasteiger partial charge in [-0.25, -0.2) is 4.99 Å². The number of aliphatic imine (C=N–C) groups is 1. The quantitative estimate of drug-likeness (QED) is 0.808. The van der Waals surface area contributed by atoms with Crippen LogP contribution in [0.4, 0.5) is 5.69 Å². The number of nitrogens with zero attached hydrogens (tertiary/aromatic N) is 2. The highest BCUT2D eigenvalue weighted by molar-refractivity contribution is 6.03. The smallest absolute Gasteiger partial charge is 0.153 e. The van der Waals surface area contributed by atoms with E-state index >= 15 is 0 Å². The molecule has 0 aliphatic carbocycles. The van der Waals surface area contributed by atoms with Crippen molar-refractivity contribution >= 4 is 11.5 Å². The lowest BCUT2D eigenvalue weighted by Gasteiger charge is -2.38. The van der Waals surface area contributed by atoms with Gasteiger partial charge in [-0.2, -0.15) is 0 Å². The molecule has 1 saturated heterocycles. The van der Waals surface area contributed by atoms with Crippen molar-refractivity contribution in [1.29, 1.82) is 0 Å². The third-order valence-electron chi connectivity index (χ3n) is 4.30. The average Bonchev–Trinajstić information content (AvgIpc) is 2.70. The molecule has 4 heteroatoms. The fourth-order valence-electron chi connectivity index (χ4n) is 3.41. The second-order valence-electron chi connectivity index (χ2n) is 6.38. The second-order valence-corrected chi connectivity index (χ2v) is 6.38. The SMILES string of the molecule is CC1CN(C2=Nc3ccccc3Oc3ccccc32)CC(C)N1. The summed E-state index contributed by atoms with van der Waals surface area (Å²) in [6.45, 7) is 6.33. The molecule has 0 amide bonds. The van der Waals surface area contributed by atoms with Gasteiger partial charge in [-0.05, 0) is 38.1 Å². The van der Waals surface area contributed by atoms with Gasteiger partial charge in [0, 0.05) is 25.2 Å². The number of amidine groups is 1. The van der Waals surface area contributed by atoms with Crippen molar-refractivity contribution in [2.45, 2.75) is 25.9 Å². The van der Waals surface area contributed by atoms with Gasteiger partial charge >= 0.3 is 0 Å². The van der Waals surface area contributed by atoms with E-state index in [4.69, 9.17) is 9.73 Å². The molecule has 0 bridgehead atoms. The molecular formula is C19H21N3O. The summed E-state index contributed by atoms with van der Waals surface area (Å²) in [6, 6.07) is 17.0. The van der Waals surface area contributed by atoms with Gasteiger partial charge in [0.25, 0.3) is 0 Å². The average molecular weight is 307 g/mol. The van der Waals surface area contributed by atoms with E-state index in [1.807, 2.05) is 42.5 Å². The Hall–Kier alpha value is -2.33. The molecule has 2 aromatic carbocycles. The lowest BCUT2D eigenvalue weighted by molar-refractivity contribution is 0.255. The van der Waals surface area contributed by atoms with E-state index in [1.54, 1.807) is 0 Å². The van der Waals surface area contributed by atoms with Gasteiger partial charge < -0.3 is 15.0 Å². The van der Waals surface area contributed by atoms with Crippen LogP contribution in [0.3, 0.4) is 0 Å². The van der Waals surface area contributed by atoms with E-state index in [0.717, 1.165) is 41.7 Å². The number of para-hydroxylation sites is 3. The van der Waals surface area contributed by atoms with Crippen molar-refractivity contribution in [3.8, 4) is 11.5 Å². The fourth-order valence-corrected chi connectivity index (χ4v) is 3.41. The Labute approximate surface area is 136 Å². The summed E-state index contributed by atoms with van der Waals surface area (Å²) in [5.74, 6) is 2.69. The molecule has 0 radical (unpaired) electrons. The minimum absolute atomic E-state index is 0.438. The summed E-state index contributed by atoms with van der Waals surface area (Å²) < 4.78 is 6.12. The summed E-state index contributed by atoms with van der Waals surface area (Å²) >= 11 is 0. The summed E-state index contributed by atoms with van der Waals surface area (Å²) in [5, 5.41) is 3.58. The molecule has 2 aliphatic rings. The van der Waals surface area contributed by atoms with Gasteiger partial charge in [-0.15, -0.1) is 0 Å². The summed E-state index contributed by atoms with van der Waals surface area (Å²) in [7, 11) is 0. The summed E-state index contributed by atoms with van der Waals surface area (Å²) in [4.78, 5) is 7.33. The first kappa shape index (κ1) is 14.3. The van der Waals surface area contributed by atoms with Crippen molar-refractivity contribution in [2.75, 3.05) is 13.1 Å². The van der Waals surface area contributed by atoms with Crippen molar-refractivity contribution in [2.24, 2.45) is 4.99 Å². The van der Waals surface area contributed by atoms with Crippen LogP contribution in [0.1, 0.15) is 19.4 Å². The number of piperazine rings is 1. The van der Waals surface area contributed by atoms with Crippen LogP contribution < -0.4 is 10.1 Å². The van der Waals surface area contributed by atoms with Gasteiger partial charge in [0.1, 0.15) is 17.3 Å². The molecule has 2 heterocycles. The highest BCUT2D eigenvalue weighted by atomic mass is 16.5. The van der Waals surface area contributed by atoms with E-state index in [-0.39, 0.29) is 0 Å². The minimum atomic E-state index is 0.438. The molecule has 0 spiro atoms. The number of nitrogens with one attached hydrogen (secondary N) is 1. The molecule has 2 aromatic rings. The predicted molar refractivity (Wildman–Crippen MR) is 92.8 cm³/mol. The zero-order valence-corrected chi connectivity index (χ0v) is 13.5. The van der Waals surface area contributed by atoms with Crippen LogP contribution >= 0.6 is 0 Å². The van der Waals surface area contributed by atoms with E-state index in [2.05, 4.69) is 30.1 Å². The normalized spacial score (nSPS) is 23.2. The fraction of sp³-hybridized carbons (Fsp3) is 0.316. The number of hydrogen-bond acceptors (Lipinski definition) is 4. The third kappa shape index (κ3) is 2.70. The number of hydrogen-bond donors (Lipinski definition) is 1. The lowest BCUT2D eigenvalue weighted by Crippen LogP contribution is -2.56. The zero-order valence-electron chi connectivity index (χ0n) is 13.5. The monoisotopic (exact) mass is 307 g/mol. The number of benzene rings is 2. The van der Waals surface area contributed by atoms with Crippen LogP contribution in [-0.2, 0) is 0 Å². The zero-order chi connectivity index (χ0) is 15.8. The largest absolute Gasteiger partial charge is 0.454 e. The highest BCUT2D eigenvalue weighted by Crippen LogP contribution is 2.37. The number of fused-ring (bicyclic) bond motifs is 2. The van der Waals surface area contributed by atoms with E-state index in [0.29, 0.717) is 12.1 Å². The van der Waals surface area contributed by atoms with Crippen LogP contribution in [0.5, 0.6) is 11.5 Å². The first-order valence-electron chi connectivity index (χ1n) is 8.16. The molecular weight excluding hydrogens is 286 g/mol. The van der Waals surface area contributed by atoms with Gasteiger partial charge in [0.15, 0.2) is 5.75 Å². The first-order valence-corrected chi connectivity index (χ1v) is 8.16. The summed E-state index contributed by atoms with van der Waals surface area (Å²) in [5.41, 5.74) is 1.95. The van der Waals surface area contributed by atoms with Crippen LogP contribution in [-0.4, -0.2) is 35.9 Å². The Morgan fingerprint density at radius 2 is 1.61 bits per heavy atom. The molecule has 0 aromatic heterocycles. The second kappa shape index (κ2) is 5.70. The topological polar surface area (TPSA) is 36.9 Å². The Morgan fingerprint density at radius 1 is 0.957 bits per heavy atom. The van der Waals surface area contributed by atoms with E-state index in [9.17, 15) is 0 Å². The lowest BCUT2D eigenvalue weighted by atomic mass is 10.1. The van der Waals surface area contributed by atoms with Crippen molar-refractivity contribution in [3.05, 3.63) is 54.1 Å². The molecule has 118 valence electrons. The molecule has 2 aliphatic heterocycles. The molecule has 0 saturated carbocycles. The van der Waals surface area contributed by atoms with Gasteiger partial charge in [-0.1, -0.05) is 24.3 Å². The third-order valence-corrected chi connectivity index (χ3v) is 4.30. The van der Waals surface area contributed by atoms with Crippen LogP contribution in [0, 0.1) is 0 Å². The number of ether oxygens (including phenoxy) is 1. The Bertz CT molecular complexity index is 746. The van der Waals surface area contributed by atoms with E-state index in [1.165, 1.54) is 0 Å². The predicted octanol–water partition coefficient (Wildman–Crippen LogP) is 3.55. The molecule has 4 rings (SSSR count). The Balaban J connectivity index is 1.84. The Kier molecular flexibility index (Phi) is 3.54. The Morgan fingerprint density at radius 3 is 2.39 bits per heavy atom. The molecule has 2 atom stereocenters.